The first-order chi connectivity index (χ1) is 4.22. The van der Waals surface area contributed by atoms with Gasteiger partial charge < -0.3 is 5.11 Å². The van der Waals surface area contributed by atoms with Crippen molar-refractivity contribution in [2.45, 2.75) is 32.8 Å². The van der Waals surface area contributed by atoms with Crippen LogP contribution in [0.15, 0.2) is 17.9 Å². The minimum absolute atomic E-state index is 0.326. The molecule has 1 nitrogen and oxygen atoms in total. The summed E-state index contributed by atoms with van der Waals surface area (Å²) in [4.78, 5) is 0. The molecule has 0 radical (unpaired) electrons. The number of aliphatic hydroxyl groups is 1. The molecule has 0 saturated heterocycles. The van der Waals surface area contributed by atoms with Crippen molar-refractivity contribution in [3.63, 3.8) is 0 Å². The second kappa shape index (κ2) is 4.37. The van der Waals surface area contributed by atoms with Gasteiger partial charge in [0.05, 0.1) is 6.10 Å². The minimum atomic E-state index is -0.326. The van der Waals surface area contributed by atoms with Gasteiger partial charge in [0.25, 0.3) is 0 Å². The van der Waals surface area contributed by atoms with Crippen LogP contribution in [0.25, 0.3) is 0 Å². The van der Waals surface area contributed by atoms with Gasteiger partial charge >= 0.3 is 0 Å². The lowest BCUT2D eigenvalue weighted by molar-refractivity contribution is 0.199. The topological polar surface area (TPSA) is 20.2 Å². The summed E-state index contributed by atoms with van der Waals surface area (Å²) in [6, 6.07) is 0. The Morgan fingerprint density at radius 1 is 1.78 bits per heavy atom. The van der Waals surface area contributed by atoms with Crippen molar-refractivity contribution in [2.24, 2.45) is 0 Å². The van der Waals surface area contributed by atoms with E-state index in [1.807, 2.05) is 13.8 Å². The highest BCUT2D eigenvalue weighted by atomic mass is 16.3. The number of hydrogen-bond donors (Lipinski definition) is 1. The van der Waals surface area contributed by atoms with Crippen LogP contribution in [-0.2, 0) is 0 Å². The van der Waals surface area contributed by atoms with Crippen LogP contribution in [0.3, 0.4) is 0 Å². The van der Waals surface area contributed by atoms with Crippen molar-refractivity contribution in [1.29, 1.82) is 0 Å². The maximum Gasteiger partial charge on any atom is 0.0820 e. The summed E-state index contributed by atoms with van der Waals surface area (Å²) < 4.78 is 0. The zero-order valence-electron chi connectivity index (χ0n) is 6.15. The summed E-state index contributed by atoms with van der Waals surface area (Å²) in [6.07, 6.45) is 1.49. The fourth-order valence-corrected chi connectivity index (χ4v) is 0.608. The molecule has 0 aliphatic carbocycles. The van der Waals surface area contributed by atoms with Crippen LogP contribution in [0.4, 0.5) is 0 Å². The largest absolute Gasteiger partial charge is 0.388 e. The highest BCUT2D eigenvalue weighted by Crippen LogP contribution is 2.04. The van der Waals surface area contributed by atoms with Gasteiger partial charge in [0.15, 0.2) is 0 Å². The van der Waals surface area contributed by atoms with Crippen molar-refractivity contribution in [3.05, 3.63) is 17.9 Å². The standard InChI is InChI=1S/C8H14O/c1-4-6-8(9)7(3)5-2/h8-9H,2,4,6H2,1,3H3. The van der Waals surface area contributed by atoms with E-state index in [0.717, 1.165) is 18.4 Å². The summed E-state index contributed by atoms with van der Waals surface area (Å²) in [6.45, 7) is 7.32. The first-order valence-electron chi connectivity index (χ1n) is 3.27. The summed E-state index contributed by atoms with van der Waals surface area (Å²) in [5.74, 6) is 0. The molecule has 0 aliphatic rings. The molecule has 0 fully saturated rings. The van der Waals surface area contributed by atoms with Crippen LogP contribution >= 0.6 is 0 Å². The molecule has 0 spiro atoms. The first-order valence-corrected chi connectivity index (χ1v) is 3.27. The van der Waals surface area contributed by atoms with E-state index in [0.29, 0.717) is 0 Å². The molecular weight excluding hydrogens is 112 g/mol. The van der Waals surface area contributed by atoms with Gasteiger partial charge in [-0.05, 0) is 18.9 Å². The Morgan fingerprint density at radius 2 is 2.33 bits per heavy atom. The predicted molar refractivity (Wildman–Crippen MR) is 39.2 cm³/mol. The monoisotopic (exact) mass is 126 g/mol. The summed E-state index contributed by atoms with van der Waals surface area (Å²) >= 11 is 0. The maximum atomic E-state index is 9.18. The number of hydrogen-bond acceptors (Lipinski definition) is 1. The molecule has 1 heteroatoms. The molecule has 1 unspecified atom stereocenters. The Kier molecular flexibility index (Phi) is 4.12. The van der Waals surface area contributed by atoms with E-state index in [9.17, 15) is 5.11 Å². The van der Waals surface area contributed by atoms with Crippen molar-refractivity contribution < 1.29 is 5.11 Å². The van der Waals surface area contributed by atoms with Crippen molar-refractivity contribution in [2.75, 3.05) is 0 Å². The van der Waals surface area contributed by atoms with Crippen molar-refractivity contribution >= 4 is 0 Å². The van der Waals surface area contributed by atoms with Gasteiger partial charge in [0.1, 0.15) is 0 Å². The van der Waals surface area contributed by atoms with Gasteiger partial charge in [-0.3, -0.25) is 0 Å². The molecule has 0 saturated carbocycles. The lowest BCUT2D eigenvalue weighted by Gasteiger charge is -2.05. The molecule has 0 aliphatic heterocycles. The molecule has 0 aromatic rings. The van der Waals surface area contributed by atoms with Crippen LogP contribution in [0.1, 0.15) is 26.7 Å². The highest BCUT2D eigenvalue weighted by Gasteiger charge is 2.01. The fraction of sp³-hybridized carbons (Fsp3) is 0.625. The van der Waals surface area contributed by atoms with E-state index in [1.165, 1.54) is 0 Å². The highest BCUT2D eigenvalue weighted by molar-refractivity contribution is 5.00. The van der Waals surface area contributed by atoms with Crippen LogP contribution in [0.2, 0.25) is 0 Å². The van der Waals surface area contributed by atoms with Gasteiger partial charge in [-0.1, -0.05) is 19.9 Å². The van der Waals surface area contributed by atoms with E-state index >= 15 is 0 Å². The van der Waals surface area contributed by atoms with E-state index in [1.54, 1.807) is 0 Å². The summed E-state index contributed by atoms with van der Waals surface area (Å²) in [5.41, 5.74) is 3.51. The van der Waals surface area contributed by atoms with Crippen LogP contribution < -0.4 is 0 Å². The van der Waals surface area contributed by atoms with Gasteiger partial charge in [0, 0.05) is 0 Å². The molecule has 0 bridgehead atoms. The molecule has 0 rings (SSSR count). The molecule has 9 heavy (non-hydrogen) atoms. The van der Waals surface area contributed by atoms with E-state index in [-0.39, 0.29) is 6.10 Å². The van der Waals surface area contributed by atoms with Crippen LogP contribution in [-0.4, -0.2) is 11.2 Å². The average Bonchev–Trinajstić information content (AvgIpc) is 1.87. The Balaban J connectivity index is 3.73. The number of rotatable bonds is 3. The number of aliphatic hydroxyl groups excluding tert-OH is 1. The summed E-state index contributed by atoms with van der Waals surface area (Å²) in [5, 5.41) is 9.18. The minimum Gasteiger partial charge on any atom is -0.388 e. The molecule has 0 heterocycles. The third-order valence-corrected chi connectivity index (χ3v) is 1.34. The predicted octanol–water partition coefficient (Wildman–Crippen LogP) is 1.88. The Bertz CT molecular complexity index is 121. The second-order valence-electron chi connectivity index (χ2n) is 2.16. The van der Waals surface area contributed by atoms with E-state index in [4.69, 9.17) is 0 Å². The zero-order valence-corrected chi connectivity index (χ0v) is 6.15. The fourth-order valence-electron chi connectivity index (χ4n) is 0.608. The van der Waals surface area contributed by atoms with Crippen LogP contribution in [0, 0.1) is 0 Å². The lowest BCUT2D eigenvalue weighted by Crippen LogP contribution is -2.05. The lowest BCUT2D eigenvalue weighted by atomic mass is 10.1. The van der Waals surface area contributed by atoms with Crippen molar-refractivity contribution in [3.8, 4) is 0 Å². The Hall–Kier alpha value is -0.520. The molecule has 0 aromatic heterocycles. The van der Waals surface area contributed by atoms with Gasteiger partial charge in [0.2, 0.25) is 0 Å². The van der Waals surface area contributed by atoms with Crippen molar-refractivity contribution in [1.82, 2.24) is 0 Å². The van der Waals surface area contributed by atoms with Gasteiger partial charge in [-0.2, -0.15) is 0 Å². The quantitative estimate of drug-likeness (QED) is 0.572. The van der Waals surface area contributed by atoms with Crippen LogP contribution in [0.5, 0.6) is 0 Å². The second-order valence-corrected chi connectivity index (χ2v) is 2.16. The van der Waals surface area contributed by atoms with E-state index < -0.39 is 0 Å². The molecule has 1 atom stereocenters. The average molecular weight is 126 g/mol. The SMILES string of the molecule is C=C=C(C)C(O)CCC. The normalized spacial score (nSPS) is 12.3. The van der Waals surface area contributed by atoms with Gasteiger partial charge in [-0.25, -0.2) is 0 Å². The zero-order chi connectivity index (χ0) is 7.28. The maximum absolute atomic E-state index is 9.18. The molecular formula is C8H14O. The summed E-state index contributed by atoms with van der Waals surface area (Å²) in [7, 11) is 0. The van der Waals surface area contributed by atoms with E-state index in [2.05, 4.69) is 12.3 Å². The Labute approximate surface area is 56.7 Å². The molecule has 1 N–H and O–H groups in total. The molecule has 0 aromatic carbocycles. The first kappa shape index (κ1) is 8.48. The smallest absolute Gasteiger partial charge is 0.0820 e. The molecule has 52 valence electrons. The van der Waals surface area contributed by atoms with Gasteiger partial charge in [-0.15, -0.1) is 5.73 Å². The Morgan fingerprint density at radius 3 is 2.67 bits per heavy atom. The molecule has 0 amide bonds. The third kappa shape index (κ3) is 3.12. The third-order valence-electron chi connectivity index (χ3n) is 1.34.